The predicted octanol–water partition coefficient (Wildman–Crippen LogP) is 3.52. The molecule has 152 valence electrons. The van der Waals surface area contributed by atoms with Crippen molar-refractivity contribution >= 4 is 39.1 Å². The number of rotatable bonds is 9. The van der Waals surface area contributed by atoms with Gasteiger partial charge in [-0.1, -0.05) is 47.5 Å². The van der Waals surface area contributed by atoms with E-state index in [0.29, 0.717) is 27.9 Å². The highest BCUT2D eigenvalue weighted by molar-refractivity contribution is 7.88. The minimum Gasteiger partial charge on any atom is -0.482 e. The summed E-state index contributed by atoms with van der Waals surface area (Å²) in [7, 11) is -3.37. The number of sulfonamides is 1. The number of carbonyl (C=O) groups is 1. The van der Waals surface area contributed by atoms with Gasteiger partial charge in [0, 0.05) is 23.7 Å². The van der Waals surface area contributed by atoms with Crippen LogP contribution in [0.1, 0.15) is 25.0 Å². The largest absolute Gasteiger partial charge is 0.482 e. The lowest BCUT2D eigenvalue weighted by Gasteiger charge is -2.11. The molecule has 1 amide bonds. The number of carbonyl (C=O) groups excluding carboxylic acids is 1. The molecule has 2 rings (SSSR count). The van der Waals surface area contributed by atoms with Gasteiger partial charge in [-0.15, -0.1) is 0 Å². The molecule has 0 heterocycles. The minimum absolute atomic E-state index is 0.0912. The fraction of sp³-hybridized carbons (Fsp3) is 0.316. The smallest absolute Gasteiger partial charge is 0.258 e. The van der Waals surface area contributed by atoms with Crippen molar-refractivity contribution in [1.29, 1.82) is 0 Å². The Morgan fingerprint density at radius 2 is 1.71 bits per heavy atom. The molecule has 0 spiro atoms. The van der Waals surface area contributed by atoms with Gasteiger partial charge in [0.05, 0.1) is 10.8 Å². The van der Waals surface area contributed by atoms with Crippen LogP contribution < -0.4 is 14.8 Å². The second-order valence-electron chi connectivity index (χ2n) is 6.49. The maximum Gasteiger partial charge on any atom is 0.258 e. The first kappa shape index (κ1) is 22.5. The molecular formula is C19H22Cl2N2O4S. The number of benzene rings is 2. The average molecular weight is 445 g/mol. The fourth-order valence-electron chi connectivity index (χ4n) is 2.36. The van der Waals surface area contributed by atoms with Crippen LogP contribution in [0.5, 0.6) is 5.75 Å². The molecule has 0 aliphatic rings. The molecule has 2 aromatic carbocycles. The van der Waals surface area contributed by atoms with Crippen molar-refractivity contribution in [2.45, 2.75) is 32.2 Å². The molecule has 0 saturated heterocycles. The van der Waals surface area contributed by atoms with E-state index in [0.717, 1.165) is 5.56 Å². The van der Waals surface area contributed by atoms with Crippen LogP contribution in [0.3, 0.4) is 0 Å². The van der Waals surface area contributed by atoms with Crippen LogP contribution in [0.4, 0.5) is 0 Å². The van der Waals surface area contributed by atoms with E-state index in [1.807, 2.05) is 0 Å². The Kier molecular flexibility index (Phi) is 8.12. The van der Waals surface area contributed by atoms with Gasteiger partial charge >= 0.3 is 0 Å². The molecule has 0 fully saturated rings. The van der Waals surface area contributed by atoms with Crippen LogP contribution in [-0.2, 0) is 27.1 Å². The summed E-state index contributed by atoms with van der Waals surface area (Å²) in [6.45, 7) is 3.64. The number of amides is 1. The summed E-state index contributed by atoms with van der Waals surface area (Å²) >= 11 is 11.8. The van der Waals surface area contributed by atoms with E-state index in [4.69, 9.17) is 27.9 Å². The van der Waals surface area contributed by atoms with Gasteiger partial charge in [-0.2, -0.15) is 0 Å². The van der Waals surface area contributed by atoms with Crippen molar-refractivity contribution in [3.8, 4) is 5.75 Å². The summed E-state index contributed by atoms with van der Waals surface area (Å²) in [4.78, 5) is 11.9. The molecule has 9 heteroatoms. The molecule has 0 aromatic heterocycles. The molecule has 0 saturated carbocycles. The standard InChI is InChI=1S/C19H22Cl2N2O4S/c1-13(2)23-28(25,26)12-15-5-3-14(4-6-15)10-22-19(24)11-27-18-9-16(20)7-8-17(18)21/h3-9,13,23H,10-12H2,1-2H3,(H,22,24). The molecule has 0 aliphatic heterocycles. The van der Waals surface area contributed by atoms with E-state index in [1.165, 1.54) is 6.07 Å². The second-order valence-corrected chi connectivity index (χ2v) is 9.09. The first-order valence-electron chi connectivity index (χ1n) is 8.57. The van der Waals surface area contributed by atoms with Gasteiger partial charge in [0.15, 0.2) is 6.61 Å². The Hall–Kier alpha value is -1.80. The van der Waals surface area contributed by atoms with E-state index in [2.05, 4.69) is 10.0 Å². The van der Waals surface area contributed by atoms with E-state index >= 15 is 0 Å². The number of hydrogen-bond acceptors (Lipinski definition) is 4. The zero-order valence-electron chi connectivity index (χ0n) is 15.5. The van der Waals surface area contributed by atoms with Crippen LogP contribution in [0, 0.1) is 0 Å². The molecule has 28 heavy (non-hydrogen) atoms. The lowest BCUT2D eigenvalue weighted by atomic mass is 10.1. The predicted molar refractivity (Wildman–Crippen MR) is 111 cm³/mol. The van der Waals surface area contributed by atoms with E-state index in [-0.39, 0.29) is 24.3 Å². The van der Waals surface area contributed by atoms with Gasteiger partial charge in [0.2, 0.25) is 10.0 Å². The highest BCUT2D eigenvalue weighted by atomic mass is 35.5. The maximum absolute atomic E-state index is 11.9. The third-order valence-corrected chi connectivity index (χ3v) is 5.63. The van der Waals surface area contributed by atoms with Crippen molar-refractivity contribution < 1.29 is 17.9 Å². The van der Waals surface area contributed by atoms with Gasteiger partial charge < -0.3 is 10.1 Å². The van der Waals surface area contributed by atoms with Crippen LogP contribution in [0.2, 0.25) is 10.0 Å². The third-order valence-electron chi connectivity index (χ3n) is 3.54. The minimum atomic E-state index is -3.37. The topological polar surface area (TPSA) is 84.5 Å². The van der Waals surface area contributed by atoms with Crippen LogP contribution in [0.15, 0.2) is 42.5 Å². The molecule has 0 bridgehead atoms. The monoisotopic (exact) mass is 444 g/mol. The van der Waals surface area contributed by atoms with Crippen LogP contribution >= 0.6 is 23.2 Å². The molecule has 2 aromatic rings. The Morgan fingerprint density at radius 1 is 1.07 bits per heavy atom. The second kappa shape index (κ2) is 10.1. The van der Waals surface area contributed by atoms with Crippen molar-refractivity contribution in [3.63, 3.8) is 0 Å². The lowest BCUT2D eigenvalue weighted by molar-refractivity contribution is -0.123. The summed E-state index contributed by atoms with van der Waals surface area (Å²) in [5.74, 6) is -0.0693. The van der Waals surface area contributed by atoms with Crippen LogP contribution in [-0.4, -0.2) is 27.0 Å². The van der Waals surface area contributed by atoms with Gasteiger partial charge in [0.25, 0.3) is 5.91 Å². The van der Waals surface area contributed by atoms with E-state index < -0.39 is 10.0 Å². The Labute approximate surface area is 175 Å². The lowest BCUT2D eigenvalue weighted by Crippen LogP contribution is -2.31. The SMILES string of the molecule is CC(C)NS(=O)(=O)Cc1ccc(CNC(=O)COc2cc(Cl)ccc2Cl)cc1. The Balaban J connectivity index is 1.82. The van der Waals surface area contributed by atoms with Gasteiger partial charge in [0.1, 0.15) is 5.75 Å². The van der Waals surface area contributed by atoms with E-state index in [9.17, 15) is 13.2 Å². The molecule has 2 N–H and O–H groups in total. The summed E-state index contributed by atoms with van der Waals surface area (Å²) < 4.78 is 31.8. The van der Waals surface area contributed by atoms with Crippen molar-refractivity contribution in [2.24, 2.45) is 0 Å². The van der Waals surface area contributed by atoms with Crippen LogP contribution in [0.25, 0.3) is 0 Å². The number of halogens is 2. The van der Waals surface area contributed by atoms with Gasteiger partial charge in [-0.3, -0.25) is 4.79 Å². The van der Waals surface area contributed by atoms with Gasteiger partial charge in [-0.25, -0.2) is 13.1 Å². The highest BCUT2D eigenvalue weighted by Gasteiger charge is 2.13. The normalized spacial score (nSPS) is 11.5. The van der Waals surface area contributed by atoms with Crippen molar-refractivity contribution in [1.82, 2.24) is 10.0 Å². The number of nitrogens with one attached hydrogen (secondary N) is 2. The summed E-state index contributed by atoms with van der Waals surface area (Å²) in [6.07, 6.45) is 0. The van der Waals surface area contributed by atoms with Gasteiger partial charge in [-0.05, 0) is 37.1 Å². The Morgan fingerprint density at radius 3 is 2.36 bits per heavy atom. The molecular weight excluding hydrogens is 423 g/mol. The summed E-state index contributed by atoms with van der Waals surface area (Å²) in [5, 5.41) is 3.56. The number of hydrogen-bond donors (Lipinski definition) is 2. The highest BCUT2D eigenvalue weighted by Crippen LogP contribution is 2.27. The zero-order chi connectivity index (χ0) is 20.7. The third kappa shape index (κ3) is 7.67. The Bertz CT molecular complexity index is 916. The molecule has 0 aliphatic carbocycles. The maximum atomic E-state index is 11.9. The molecule has 0 atom stereocenters. The molecule has 0 unspecified atom stereocenters. The van der Waals surface area contributed by atoms with E-state index in [1.54, 1.807) is 50.2 Å². The molecule has 6 nitrogen and oxygen atoms in total. The summed E-state index contributed by atoms with van der Waals surface area (Å²) in [6, 6.07) is 11.6. The summed E-state index contributed by atoms with van der Waals surface area (Å²) in [5.41, 5.74) is 1.51. The zero-order valence-corrected chi connectivity index (χ0v) is 17.9. The van der Waals surface area contributed by atoms with Crippen molar-refractivity contribution in [2.75, 3.05) is 6.61 Å². The first-order chi connectivity index (χ1) is 13.1. The fourth-order valence-corrected chi connectivity index (χ4v) is 4.12. The average Bonchev–Trinajstić information content (AvgIpc) is 2.60. The van der Waals surface area contributed by atoms with Crippen molar-refractivity contribution in [3.05, 3.63) is 63.6 Å². The quantitative estimate of drug-likeness (QED) is 0.619. The first-order valence-corrected chi connectivity index (χ1v) is 11.0. The molecule has 0 radical (unpaired) electrons. The number of ether oxygens (including phenoxy) is 1.